The number of ether oxygens (including phenoxy) is 1. The number of anilines is 2. The molecule has 2 fully saturated rings. The second-order valence-electron chi connectivity index (χ2n) is 9.21. The Hall–Kier alpha value is -2.86. The van der Waals surface area contributed by atoms with Crippen LogP contribution in [0, 0.1) is 0 Å². The smallest absolute Gasteiger partial charge is 0.243 e. The third-order valence-corrected chi connectivity index (χ3v) is 8.48. The van der Waals surface area contributed by atoms with Crippen molar-refractivity contribution < 1.29 is 13.2 Å². The maximum atomic E-state index is 13.1. The number of piperazine rings is 1. The van der Waals surface area contributed by atoms with E-state index < -0.39 is 10.0 Å². The van der Waals surface area contributed by atoms with Gasteiger partial charge in [-0.1, -0.05) is 6.07 Å². The zero-order chi connectivity index (χ0) is 24.4. The molecule has 2 aliphatic rings. The van der Waals surface area contributed by atoms with Gasteiger partial charge >= 0.3 is 0 Å². The number of aromatic nitrogens is 4. The van der Waals surface area contributed by atoms with Crippen LogP contribution >= 0.6 is 0 Å². The third-order valence-electron chi connectivity index (χ3n) is 6.59. The molecule has 2 saturated heterocycles. The summed E-state index contributed by atoms with van der Waals surface area (Å²) in [7, 11) is -1.56. The molecule has 0 radical (unpaired) electrons. The predicted octanol–water partition coefficient (Wildman–Crippen LogP) is 2.83. The Bertz CT molecular complexity index is 1270. The van der Waals surface area contributed by atoms with Crippen molar-refractivity contribution in [2.75, 3.05) is 45.2 Å². The van der Waals surface area contributed by atoms with E-state index in [1.165, 1.54) is 4.31 Å². The van der Waals surface area contributed by atoms with Crippen LogP contribution in [0.2, 0.25) is 0 Å². The molecule has 2 unspecified atom stereocenters. The molecule has 11 heteroatoms. The molecule has 1 aromatic carbocycles. The molecule has 2 N–H and O–H groups in total. The Balaban J connectivity index is 1.31. The monoisotopic (exact) mass is 497 g/mol. The van der Waals surface area contributed by atoms with Crippen molar-refractivity contribution in [3.8, 4) is 11.4 Å². The Morgan fingerprint density at radius 3 is 2.77 bits per heavy atom. The van der Waals surface area contributed by atoms with E-state index in [-0.39, 0.29) is 11.0 Å². The Labute approximate surface area is 205 Å². The summed E-state index contributed by atoms with van der Waals surface area (Å²) in [6.45, 7) is 5.25. The molecule has 186 valence electrons. The maximum Gasteiger partial charge on any atom is 0.243 e. The quantitative estimate of drug-likeness (QED) is 0.534. The van der Waals surface area contributed by atoms with Crippen molar-refractivity contribution in [2.45, 2.75) is 36.7 Å². The van der Waals surface area contributed by atoms with Gasteiger partial charge in [-0.3, -0.25) is 0 Å². The van der Waals surface area contributed by atoms with Crippen LogP contribution in [0.4, 0.5) is 11.6 Å². The zero-order valence-electron chi connectivity index (χ0n) is 20.0. The minimum Gasteiger partial charge on any atom is -0.378 e. The Morgan fingerprint density at radius 1 is 1.14 bits per heavy atom. The van der Waals surface area contributed by atoms with Gasteiger partial charge in [0.05, 0.1) is 28.6 Å². The van der Waals surface area contributed by atoms with Crippen molar-refractivity contribution in [2.24, 2.45) is 0 Å². The molecule has 2 aromatic heterocycles. The summed E-state index contributed by atoms with van der Waals surface area (Å²) in [5.41, 5.74) is 2.14. The van der Waals surface area contributed by atoms with Crippen LogP contribution < -0.4 is 5.32 Å². The molecule has 10 nitrogen and oxygen atoms in total. The lowest BCUT2D eigenvalue weighted by molar-refractivity contribution is 0.0174. The molecular formula is C24H31N7O3S. The number of likely N-dealkylation sites (N-methyl/N-ethyl adjacent to an activating group) is 1. The lowest BCUT2D eigenvalue weighted by Gasteiger charge is -2.31. The second kappa shape index (κ2) is 10.0. The fraction of sp³-hybridized carbons (Fsp3) is 0.458. The first kappa shape index (κ1) is 23.9. The van der Waals surface area contributed by atoms with Gasteiger partial charge in [-0.25, -0.2) is 23.4 Å². The van der Waals surface area contributed by atoms with Gasteiger partial charge in [0.2, 0.25) is 16.0 Å². The van der Waals surface area contributed by atoms with Crippen LogP contribution in [0.25, 0.3) is 11.4 Å². The van der Waals surface area contributed by atoms with Crippen LogP contribution in [-0.2, 0) is 14.8 Å². The number of hydrogen-bond donors (Lipinski definition) is 2. The molecule has 3 aromatic rings. The van der Waals surface area contributed by atoms with Crippen LogP contribution in [0.1, 0.15) is 31.5 Å². The van der Waals surface area contributed by atoms with Gasteiger partial charge in [0, 0.05) is 50.6 Å². The number of hydrogen-bond acceptors (Lipinski definition) is 8. The SMILES string of the molecule is CC1CC(c2ncc(-c3ccnc(Nc4cccc(S(=O)(=O)N5CCN(C)CC5)c4)n3)[nH]2)CCO1. The summed E-state index contributed by atoms with van der Waals surface area (Å²) in [4.78, 5) is 19.3. The van der Waals surface area contributed by atoms with Crippen LogP contribution in [-0.4, -0.2) is 83.5 Å². The van der Waals surface area contributed by atoms with Gasteiger partial charge in [-0.05, 0) is 51.1 Å². The lowest BCUT2D eigenvalue weighted by atomic mass is 9.96. The average molecular weight is 498 g/mol. The van der Waals surface area contributed by atoms with Gasteiger partial charge in [0.1, 0.15) is 5.82 Å². The summed E-state index contributed by atoms with van der Waals surface area (Å²) in [6, 6.07) is 8.61. The van der Waals surface area contributed by atoms with Crippen LogP contribution in [0.5, 0.6) is 0 Å². The molecule has 35 heavy (non-hydrogen) atoms. The number of rotatable bonds is 6. The van der Waals surface area contributed by atoms with E-state index in [1.54, 1.807) is 36.7 Å². The fourth-order valence-corrected chi connectivity index (χ4v) is 6.00. The zero-order valence-corrected chi connectivity index (χ0v) is 20.8. The Kier molecular flexibility index (Phi) is 6.83. The van der Waals surface area contributed by atoms with E-state index in [1.807, 2.05) is 13.1 Å². The summed E-state index contributed by atoms with van der Waals surface area (Å²) in [5, 5.41) is 3.15. The molecular weight excluding hydrogens is 466 g/mol. The first-order valence-corrected chi connectivity index (χ1v) is 13.4. The minimum atomic E-state index is -3.56. The number of sulfonamides is 1. The van der Waals surface area contributed by atoms with E-state index in [0.29, 0.717) is 36.3 Å². The molecule has 0 amide bonds. The third kappa shape index (κ3) is 5.37. The molecule has 4 heterocycles. The highest BCUT2D eigenvalue weighted by Crippen LogP contribution is 2.29. The highest BCUT2D eigenvalue weighted by molar-refractivity contribution is 7.89. The van der Waals surface area contributed by atoms with E-state index >= 15 is 0 Å². The summed E-state index contributed by atoms with van der Waals surface area (Å²) in [6.07, 6.45) is 5.59. The number of H-pyrrole nitrogens is 1. The number of aromatic amines is 1. The van der Waals surface area contributed by atoms with Gasteiger partial charge in [0.25, 0.3) is 0 Å². The first-order chi connectivity index (χ1) is 16.9. The maximum absolute atomic E-state index is 13.1. The van der Waals surface area contributed by atoms with Crippen molar-refractivity contribution in [3.63, 3.8) is 0 Å². The van der Waals surface area contributed by atoms with Crippen molar-refractivity contribution in [1.29, 1.82) is 0 Å². The first-order valence-electron chi connectivity index (χ1n) is 11.9. The minimum absolute atomic E-state index is 0.230. The second-order valence-corrected chi connectivity index (χ2v) is 11.1. The lowest BCUT2D eigenvalue weighted by Crippen LogP contribution is -2.47. The van der Waals surface area contributed by atoms with Crippen molar-refractivity contribution >= 4 is 21.7 Å². The normalized spacial score (nSPS) is 22.2. The molecule has 2 atom stereocenters. The highest BCUT2D eigenvalue weighted by atomic mass is 32.2. The predicted molar refractivity (Wildman–Crippen MR) is 133 cm³/mol. The number of imidazole rings is 1. The number of nitrogens with one attached hydrogen (secondary N) is 2. The number of nitrogens with zero attached hydrogens (tertiary/aromatic N) is 5. The average Bonchev–Trinajstić information content (AvgIpc) is 3.35. The van der Waals surface area contributed by atoms with Crippen molar-refractivity contribution in [1.82, 2.24) is 29.1 Å². The van der Waals surface area contributed by atoms with Gasteiger partial charge in [0.15, 0.2) is 0 Å². The van der Waals surface area contributed by atoms with Gasteiger partial charge < -0.3 is 19.9 Å². The fourth-order valence-electron chi connectivity index (χ4n) is 4.53. The molecule has 0 aliphatic carbocycles. The van der Waals surface area contributed by atoms with E-state index in [4.69, 9.17) is 4.74 Å². The van der Waals surface area contributed by atoms with E-state index in [2.05, 4.69) is 37.1 Å². The molecule has 0 saturated carbocycles. The Morgan fingerprint density at radius 2 is 1.97 bits per heavy atom. The molecule has 2 aliphatic heterocycles. The molecule has 0 bridgehead atoms. The van der Waals surface area contributed by atoms with Crippen LogP contribution in [0.3, 0.4) is 0 Å². The largest absolute Gasteiger partial charge is 0.378 e. The van der Waals surface area contributed by atoms with Crippen LogP contribution in [0.15, 0.2) is 47.6 Å². The topological polar surface area (TPSA) is 116 Å². The summed E-state index contributed by atoms with van der Waals surface area (Å²) >= 11 is 0. The van der Waals surface area contributed by atoms with Crippen molar-refractivity contribution in [3.05, 3.63) is 48.5 Å². The molecule has 5 rings (SSSR count). The summed E-state index contributed by atoms with van der Waals surface area (Å²) in [5.74, 6) is 1.68. The van der Waals surface area contributed by atoms with E-state index in [0.717, 1.165) is 44.1 Å². The van der Waals surface area contributed by atoms with Gasteiger partial charge in [-0.15, -0.1) is 0 Å². The standard InChI is InChI=1S/C24H31N7O3S/c1-17-14-18(7-13-34-17)23-26-16-22(28-23)21-6-8-25-24(29-21)27-19-4-3-5-20(15-19)35(32,33)31-11-9-30(2)10-12-31/h3-6,8,15-18H,7,9-14H2,1-2H3,(H,26,28)(H,25,27,29). The van der Waals surface area contributed by atoms with E-state index in [9.17, 15) is 8.42 Å². The number of benzene rings is 1. The highest BCUT2D eigenvalue weighted by Gasteiger charge is 2.28. The summed E-state index contributed by atoms with van der Waals surface area (Å²) < 4.78 is 33.4. The molecule has 0 spiro atoms. The van der Waals surface area contributed by atoms with Gasteiger partial charge in [-0.2, -0.15) is 4.31 Å².